The summed E-state index contributed by atoms with van der Waals surface area (Å²) in [4.78, 5) is 17.8. The molecule has 1 aromatic carbocycles. The molecule has 29 heavy (non-hydrogen) atoms. The van der Waals surface area contributed by atoms with Gasteiger partial charge in [0.1, 0.15) is 0 Å². The Morgan fingerprint density at radius 2 is 1.86 bits per heavy atom. The highest BCUT2D eigenvalue weighted by Crippen LogP contribution is 2.30. The monoisotopic (exact) mass is 458 g/mol. The van der Waals surface area contributed by atoms with Gasteiger partial charge in [-0.25, -0.2) is 26.1 Å². The second-order valence-corrected chi connectivity index (χ2v) is 12.1. The van der Waals surface area contributed by atoms with Crippen LogP contribution in [-0.4, -0.2) is 62.7 Å². The molecule has 1 aromatic heterocycles. The van der Waals surface area contributed by atoms with Crippen molar-refractivity contribution in [3.05, 3.63) is 40.4 Å². The van der Waals surface area contributed by atoms with Crippen LogP contribution in [0.5, 0.6) is 0 Å². The molecule has 2 aromatic rings. The van der Waals surface area contributed by atoms with Crippen LogP contribution in [0.4, 0.5) is 5.13 Å². The lowest BCUT2D eigenvalue weighted by molar-refractivity contribution is 0.102. The zero-order valence-corrected chi connectivity index (χ0v) is 18.7. The first kappa shape index (κ1) is 21.8. The molecule has 0 radical (unpaired) electrons. The summed E-state index contributed by atoms with van der Waals surface area (Å²) in [5, 5.41) is 3.09. The molecule has 0 saturated heterocycles. The van der Waals surface area contributed by atoms with Gasteiger partial charge in [0.2, 0.25) is 20.0 Å². The van der Waals surface area contributed by atoms with Crippen molar-refractivity contribution in [2.75, 3.05) is 31.7 Å². The van der Waals surface area contributed by atoms with E-state index in [1.807, 2.05) is 0 Å². The molecular weight excluding hydrogens is 436 g/mol. The number of carbonyl (C=O) groups is 1. The van der Waals surface area contributed by atoms with Gasteiger partial charge in [-0.2, -0.15) is 4.31 Å². The maximum atomic E-state index is 12.5. The van der Waals surface area contributed by atoms with E-state index in [4.69, 9.17) is 0 Å². The van der Waals surface area contributed by atoms with Crippen molar-refractivity contribution in [2.24, 2.45) is 0 Å². The lowest BCUT2D eigenvalue weighted by Gasteiger charge is -2.24. The average molecular weight is 459 g/mol. The second kappa shape index (κ2) is 8.11. The number of anilines is 1. The van der Waals surface area contributed by atoms with Crippen molar-refractivity contribution in [1.29, 1.82) is 0 Å². The molecule has 12 heteroatoms. The molecule has 3 rings (SSSR count). The first-order valence-electron chi connectivity index (χ1n) is 8.85. The highest BCUT2D eigenvalue weighted by atomic mass is 32.2. The van der Waals surface area contributed by atoms with Crippen LogP contribution in [0.15, 0.2) is 29.2 Å². The van der Waals surface area contributed by atoms with Gasteiger partial charge >= 0.3 is 0 Å². The van der Waals surface area contributed by atoms with E-state index in [9.17, 15) is 21.6 Å². The number of amides is 1. The van der Waals surface area contributed by atoms with Gasteiger partial charge in [-0.1, -0.05) is 0 Å². The second-order valence-electron chi connectivity index (χ2n) is 6.64. The van der Waals surface area contributed by atoms with Crippen molar-refractivity contribution in [3.8, 4) is 0 Å². The van der Waals surface area contributed by atoms with Gasteiger partial charge in [-0.05, 0) is 31.2 Å². The number of hydrogen-bond acceptors (Lipinski definition) is 7. The number of rotatable bonds is 6. The number of aromatic nitrogens is 1. The molecule has 2 heterocycles. The highest BCUT2D eigenvalue weighted by molar-refractivity contribution is 7.89. The third kappa shape index (κ3) is 4.51. The summed E-state index contributed by atoms with van der Waals surface area (Å²) in [6, 6.07) is 5.64. The van der Waals surface area contributed by atoms with Crippen LogP contribution in [-0.2, 0) is 33.0 Å². The van der Waals surface area contributed by atoms with Crippen LogP contribution in [0, 0.1) is 0 Å². The largest absolute Gasteiger partial charge is 0.298 e. The van der Waals surface area contributed by atoms with Gasteiger partial charge in [-0.3, -0.25) is 10.1 Å². The fourth-order valence-electron chi connectivity index (χ4n) is 2.80. The molecule has 0 bridgehead atoms. The van der Waals surface area contributed by atoms with E-state index in [0.29, 0.717) is 23.7 Å². The fraction of sp³-hybridized carbons (Fsp3) is 0.412. The summed E-state index contributed by atoms with van der Waals surface area (Å²) in [5.41, 5.74) is 1.09. The third-order valence-electron chi connectivity index (χ3n) is 4.57. The van der Waals surface area contributed by atoms with E-state index in [1.54, 1.807) is 6.92 Å². The Balaban J connectivity index is 1.73. The van der Waals surface area contributed by atoms with Gasteiger partial charge in [-0.15, -0.1) is 11.3 Å². The zero-order valence-electron chi connectivity index (χ0n) is 16.2. The van der Waals surface area contributed by atoms with Crippen molar-refractivity contribution < 1.29 is 21.6 Å². The summed E-state index contributed by atoms with van der Waals surface area (Å²) in [7, 11) is -3.96. The van der Waals surface area contributed by atoms with Gasteiger partial charge in [0, 0.05) is 44.0 Å². The van der Waals surface area contributed by atoms with E-state index >= 15 is 0 Å². The van der Waals surface area contributed by atoms with Crippen LogP contribution < -0.4 is 5.32 Å². The summed E-state index contributed by atoms with van der Waals surface area (Å²) in [6.45, 7) is 2.25. The van der Waals surface area contributed by atoms with Gasteiger partial charge in [0.25, 0.3) is 5.91 Å². The maximum Gasteiger partial charge on any atom is 0.257 e. The lowest BCUT2D eigenvalue weighted by atomic mass is 10.2. The molecule has 1 N–H and O–H groups in total. The Hall–Kier alpha value is -1.86. The standard InChI is InChI=1S/C17H22N4O5S3/c1-4-28(23,24)21-10-9-14-15(11-21)27-17(18-14)19-16(22)12-5-7-13(8-6-12)29(25,26)20(2)3/h5-8H,4,9-11H2,1-3H3,(H,18,19,22). The van der Waals surface area contributed by atoms with Crippen LogP contribution in [0.3, 0.4) is 0 Å². The number of thiazole rings is 1. The number of fused-ring (bicyclic) bond motifs is 1. The molecule has 1 aliphatic heterocycles. The van der Waals surface area contributed by atoms with Crippen LogP contribution >= 0.6 is 11.3 Å². The quantitative estimate of drug-likeness (QED) is 0.698. The molecule has 1 aliphatic rings. The summed E-state index contributed by atoms with van der Waals surface area (Å²) < 4.78 is 50.9. The fourth-order valence-corrected chi connectivity index (χ4v) is 5.87. The minimum atomic E-state index is -3.56. The first-order valence-corrected chi connectivity index (χ1v) is 12.7. The van der Waals surface area contributed by atoms with E-state index in [1.165, 1.54) is 54.0 Å². The van der Waals surface area contributed by atoms with Crippen molar-refractivity contribution >= 4 is 42.4 Å². The predicted octanol–water partition coefficient (Wildman–Crippen LogP) is 1.35. The molecule has 0 unspecified atom stereocenters. The SMILES string of the molecule is CCS(=O)(=O)N1CCc2nc(NC(=O)c3ccc(S(=O)(=O)N(C)C)cc3)sc2C1. The third-order valence-corrected chi connectivity index (χ3v) is 9.23. The van der Waals surface area contributed by atoms with Gasteiger partial charge in [0.05, 0.1) is 16.3 Å². The lowest BCUT2D eigenvalue weighted by Crippen LogP contribution is -2.36. The molecular formula is C17H22N4O5S3. The number of hydrogen-bond donors (Lipinski definition) is 1. The number of nitrogens with zero attached hydrogens (tertiary/aromatic N) is 3. The molecule has 0 saturated carbocycles. The number of benzene rings is 1. The molecule has 0 fully saturated rings. The predicted molar refractivity (Wildman–Crippen MR) is 111 cm³/mol. The van der Waals surface area contributed by atoms with Crippen LogP contribution in [0.25, 0.3) is 0 Å². The Bertz CT molecular complexity index is 1120. The molecule has 158 valence electrons. The average Bonchev–Trinajstić information content (AvgIpc) is 3.09. The van der Waals surface area contributed by atoms with E-state index in [0.717, 1.165) is 14.9 Å². The summed E-state index contributed by atoms with van der Waals surface area (Å²) in [5.74, 6) is -0.368. The van der Waals surface area contributed by atoms with E-state index < -0.39 is 26.0 Å². The topological polar surface area (TPSA) is 117 Å². The van der Waals surface area contributed by atoms with Gasteiger partial charge < -0.3 is 0 Å². The maximum absolute atomic E-state index is 12.5. The zero-order chi connectivity index (χ0) is 21.4. The van der Waals surface area contributed by atoms with E-state index in [2.05, 4.69) is 10.3 Å². The minimum absolute atomic E-state index is 0.0459. The summed E-state index contributed by atoms with van der Waals surface area (Å²) in [6.07, 6.45) is 0.498. The molecule has 1 amide bonds. The Kier molecular flexibility index (Phi) is 6.11. The van der Waals surface area contributed by atoms with Gasteiger partial charge in [0.15, 0.2) is 5.13 Å². The smallest absolute Gasteiger partial charge is 0.257 e. The molecule has 0 atom stereocenters. The van der Waals surface area contributed by atoms with Crippen molar-refractivity contribution in [3.63, 3.8) is 0 Å². The number of nitrogens with one attached hydrogen (secondary N) is 1. The van der Waals surface area contributed by atoms with E-state index in [-0.39, 0.29) is 17.2 Å². The highest BCUT2D eigenvalue weighted by Gasteiger charge is 2.28. The Labute approximate surface area is 174 Å². The normalized spacial score (nSPS) is 15.3. The number of carbonyl (C=O) groups excluding carboxylic acids is 1. The van der Waals surface area contributed by atoms with Crippen LogP contribution in [0.1, 0.15) is 27.9 Å². The molecule has 9 nitrogen and oxygen atoms in total. The Morgan fingerprint density at radius 1 is 1.21 bits per heavy atom. The summed E-state index contributed by atoms with van der Waals surface area (Å²) >= 11 is 1.25. The van der Waals surface area contributed by atoms with Crippen LogP contribution in [0.2, 0.25) is 0 Å². The van der Waals surface area contributed by atoms with Crippen molar-refractivity contribution in [2.45, 2.75) is 24.8 Å². The minimum Gasteiger partial charge on any atom is -0.298 e. The molecule has 0 aliphatic carbocycles. The molecule has 0 spiro atoms. The first-order chi connectivity index (χ1) is 13.5. The van der Waals surface area contributed by atoms with Crippen molar-refractivity contribution in [1.82, 2.24) is 13.6 Å². The number of sulfonamides is 2. The Morgan fingerprint density at radius 3 is 2.45 bits per heavy atom.